The lowest BCUT2D eigenvalue weighted by Gasteiger charge is -2.23. The van der Waals surface area contributed by atoms with Crippen molar-refractivity contribution < 1.29 is 13.3 Å². The Kier molecular flexibility index (Phi) is 5.02. The van der Waals surface area contributed by atoms with Gasteiger partial charge in [-0.15, -0.1) is 6.58 Å². The summed E-state index contributed by atoms with van der Waals surface area (Å²) in [6, 6.07) is 11.2. The maximum Gasteiger partial charge on any atom is 0.270 e. The zero-order valence-electron chi connectivity index (χ0n) is 11.9. The summed E-state index contributed by atoms with van der Waals surface area (Å²) in [5, 5.41) is 11.2. The van der Waals surface area contributed by atoms with E-state index in [0.29, 0.717) is 10.7 Å². The average molecular weight is 353 g/mol. The minimum atomic E-state index is -3.99. The van der Waals surface area contributed by atoms with Gasteiger partial charge in [-0.25, -0.2) is 8.42 Å². The van der Waals surface area contributed by atoms with Gasteiger partial charge in [0.1, 0.15) is 0 Å². The van der Waals surface area contributed by atoms with E-state index in [2.05, 4.69) is 6.58 Å². The number of non-ortho nitro benzene ring substituents is 1. The Bertz CT molecular complexity index is 852. The van der Waals surface area contributed by atoms with Crippen LogP contribution in [0.15, 0.2) is 66.1 Å². The maximum absolute atomic E-state index is 12.8. The molecule has 2 aromatic rings. The van der Waals surface area contributed by atoms with E-state index < -0.39 is 14.9 Å². The molecule has 6 nitrogen and oxygen atoms in total. The van der Waals surface area contributed by atoms with E-state index in [1.165, 1.54) is 30.3 Å². The zero-order chi connectivity index (χ0) is 17.0. The van der Waals surface area contributed by atoms with Crippen molar-refractivity contribution in [2.24, 2.45) is 0 Å². The summed E-state index contributed by atoms with van der Waals surface area (Å²) in [5.74, 6) is 0. The highest BCUT2D eigenvalue weighted by Crippen LogP contribution is 2.27. The second-order valence-corrected chi connectivity index (χ2v) is 6.86. The lowest BCUT2D eigenvalue weighted by Crippen LogP contribution is -2.31. The molecule has 0 unspecified atom stereocenters. The van der Waals surface area contributed by atoms with E-state index in [0.717, 1.165) is 10.4 Å². The Hall–Kier alpha value is -2.38. The molecule has 0 amide bonds. The molecule has 8 heteroatoms. The van der Waals surface area contributed by atoms with Crippen molar-refractivity contribution in [2.75, 3.05) is 10.8 Å². The van der Waals surface area contributed by atoms with E-state index in [1.54, 1.807) is 18.2 Å². The van der Waals surface area contributed by atoms with Crippen molar-refractivity contribution in [3.63, 3.8) is 0 Å². The predicted octanol–water partition coefficient (Wildman–Crippen LogP) is 3.63. The standard InChI is InChI=1S/C15H13ClN2O4S/c1-2-9-17(13-6-3-5-12(16)10-13)23(21,22)15-8-4-7-14(11-15)18(19)20/h2-8,10-11H,1,9H2. The summed E-state index contributed by atoms with van der Waals surface area (Å²) >= 11 is 5.92. The van der Waals surface area contributed by atoms with Crippen LogP contribution in [0.5, 0.6) is 0 Å². The second-order valence-electron chi connectivity index (χ2n) is 4.56. The van der Waals surface area contributed by atoms with Crippen LogP contribution in [0.1, 0.15) is 0 Å². The number of sulfonamides is 1. The monoisotopic (exact) mass is 352 g/mol. The molecule has 0 bridgehead atoms. The number of anilines is 1. The maximum atomic E-state index is 12.8. The van der Waals surface area contributed by atoms with E-state index in [-0.39, 0.29) is 17.1 Å². The summed E-state index contributed by atoms with van der Waals surface area (Å²) in [6.07, 6.45) is 1.43. The molecule has 0 spiro atoms. The number of hydrogen-bond donors (Lipinski definition) is 0. The minimum absolute atomic E-state index is 0.00532. The molecule has 0 aliphatic heterocycles. The molecule has 2 rings (SSSR count). The van der Waals surface area contributed by atoms with Gasteiger partial charge in [-0.3, -0.25) is 14.4 Å². The van der Waals surface area contributed by atoms with Crippen molar-refractivity contribution in [3.05, 3.63) is 76.3 Å². The quantitative estimate of drug-likeness (QED) is 0.451. The predicted molar refractivity (Wildman–Crippen MR) is 89.3 cm³/mol. The number of nitro benzene ring substituents is 1. The van der Waals surface area contributed by atoms with Crippen LogP contribution in [0.3, 0.4) is 0 Å². The first-order valence-electron chi connectivity index (χ1n) is 6.50. The number of halogens is 1. The molecule has 23 heavy (non-hydrogen) atoms. The highest BCUT2D eigenvalue weighted by atomic mass is 35.5. The van der Waals surface area contributed by atoms with Gasteiger partial charge < -0.3 is 0 Å². The molecule has 120 valence electrons. The van der Waals surface area contributed by atoms with Crippen LogP contribution in [0.4, 0.5) is 11.4 Å². The Morgan fingerprint density at radius 1 is 1.22 bits per heavy atom. The number of nitrogens with zero attached hydrogens (tertiary/aromatic N) is 2. The van der Waals surface area contributed by atoms with Gasteiger partial charge in [0.2, 0.25) is 0 Å². The first kappa shape index (κ1) is 17.0. The van der Waals surface area contributed by atoms with Crippen LogP contribution >= 0.6 is 11.6 Å². The molecule has 0 fully saturated rings. The van der Waals surface area contributed by atoms with Crippen molar-refractivity contribution in [2.45, 2.75) is 4.90 Å². The van der Waals surface area contributed by atoms with Gasteiger partial charge in [0, 0.05) is 17.2 Å². The topological polar surface area (TPSA) is 80.5 Å². The highest BCUT2D eigenvalue weighted by molar-refractivity contribution is 7.92. The van der Waals surface area contributed by atoms with Crippen molar-refractivity contribution in [3.8, 4) is 0 Å². The summed E-state index contributed by atoms with van der Waals surface area (Å²) < 4.78 is 26.7. The van der Waals surface area contributed by atoms with Crippen LogP contribution in [0, 0.1) is 10.1 Å². The van der Waals surface area contributed by atoms with Crippen LogP contribution < -0.4 is 4.31 Å². The van der Waals surface area contributed by atoms with E-state index in [9.17, 15) is 18.5 Å². The van der Waals surface area contributed by atoms with Crippen LogP contribution in [0.25, 0.3) is 0 Å². The zero-order valence-corrected chi connectivity index (χ0v) is 13.5. The fraction of sp³-hybridized carbons (Fsp3) is 0.0667. The lowest BCUT2D eigenvalue weighted by atomic mass is 10.3. The summed E-state index contributed by atoms with van der Waals surface area (Å²) in [5.41, 5.74) is 0.0552. The first-order valence-corrected chi connectivity index (χ1v) is 8.31. The number of rotatable bonds is 6. The third kappa shape index (κ3) is 3.69. The molecule has 0 N–H and O–H groups in total. The Morgan fingerprint density at radius 2 is 1.91 bits per heavy atom. The number of hydrogen-bond acceptors (Lipinski definition) is 4. The van der Waals surface area contributed by atoms with Crippen LogP contribution in [0.2, 0.25) is 5.02 Å². The Labute approximate surface area is 138 Å². The van der Waals surface area contributed by atoms with Gasteiger partial charge in [0.05, 0.1) is 22.1 Å². The molecular formula is C15H13ClN2O4S. The largest absolute Gasteiger partial charge is 0.270 e. The first-order chi connectivity index (χ1) is 10.9. The summed E-state index contributed by atoms with van der Waals surface area (Å²) in [7, 11) is -3.99. The molecule has 0 aliphatic rings. The lowest BCUT2D eigenvalue weighted by molar-refractivity contribution is -0.385. The van der Waals surface area contributed by atoms with Crippen LogP contribution in [-0.2, 0) is 10.0 Å². The third-order valence-electron chi connectivity index (χ3n) is 3.01. The molecule has 0 radical (unpaired) electrons. The van der Waals surface area contributed by atoms with Crippen LogP contribution in [-0.4, -0.2) is 19.9 Å². The summed E-state index contributed by atoms with van der Waals surface area (Å²) in [4.78, 5) is 10.0. The average Bonchev–Trinajstić information content (AvgIpc) is 2.52. The van der Waals surface area contributed by atoms with Crippen molar-refractivity contribution >= 4 is 33.0 Å². The number of benzene rings is 2. The van der Waals surface area contributed by atoms with E-state index >= 15 is 0 Å². The SMILES string of the molecule is C=CCN(c1cccc(Cl)c1)S(=O)(=O)c1cccc([N+](=O)[O-])c1. The number of nitro groups is 1. The van der Waals surface area contributed by atoms with Gasteiger partial charge >= 0.3 is 0 Å². The molecule has 2 aromatic carbocycles. The fourth-order valence-electron chi connectivity index (χ4n) is 1.98. The fourth-order valence-corrected chi connectivity index (χ4v) is 3.63. The molecular weight excluding hydrogens is 340 g/mol. The van der Waals surface area contributed by atoms with Gasteiger partial charge in [-0.2, -0.15) is 0 Å². The highest BCUT2D eigenvalue weighted by Gasteiger charge is 2.25. The minimum Gasteiger partial charge on any atom is -0.262 e. The normalized spacial score (nSPS) is 11.0. The van der Waals surface area contributed by atoms with E-state index in [1.807, 2.05) is 0 Å². The van der Waals surface area contributed by atoms with E-state index in [4.69, 9.17) is 11.6 Å². The molecule has 0 saturated heterocycles. The Morgan fingerprint density at radius 3 is 2.52 bits per heavy atom. The molecule has 0 saturated carbocycles. The molecule has 0 heterocycles. The van der Waals surface area contributed by atoms with Gasteiger partial charge in [-0.05, 0) is 24.3 Å². The molecule has 0 aliphatic carbocycles. The second kappa shape index (κ2) is 6.80. The van der Waals surface area contributed by atoms with Gasteiger partial charge in [0.15, 0.2) is 0 Å². The smallest absolute Gasteiger partial charge is 0.262 e. The third-order valence-corrected chi connectivity index (χ3v) is 5.03. The Balaban J connectivity index is 2.55. The van der Waals surface area contributed by atoms with Crippen molar-refractivity contribution in [1.29, 1.82) is 0 Å². The molecule has 0 atom stereocenters. The van der Waals surface area contributed by atoms with Gasteiger partial charge in [0.25, 0.3) is 15.7 Å². The van der Waals surface area contributed by atoms with Crippen molar-refractivity contribution in [1.82, 2.24) is 0 Å². The molecule has 0 aromatic heterocycles. The summed E-state index contributed by atoms with van der Waals surface area (Å²) in [6.45, 7) is 3.56. The van der Waals surface area contributed by atoms with Gasteiger partial charge in [-0.1, -0.05) is 29.8 Å².